The molecule has 18 heavy (non-hydrogen) atoms. The molecule has 0 bridgehead atoms. The Kier molecular flexibility index (Phi) is 4.27. The van der Waals surface area contributed by atoms with Gasteiger partial charge in [-0.05, 0) is 32.6 Å². The monoisotopic (exact) mass is 274 g/mol. The summed E-state index contributed by atoms with van der Waals surface area (Å²) in [5.41, 5.74) is 0. The maximum atomic E-state index is 12.0. The first-order valence-corrected chi connectivity index (χ1v) is 8.57. The molecular formula is C12H22N2O3S. The number of nitrogens with zero attached hydrogens (tertiary/aromatic N) is 1. The van der Waals surface area contributed by atoms with E-state index in [1.54, 1.807) is 0 Å². The average molecular weight is 274 g/mol. The molecule has 1 N–H and O–H groups in total. The molecular weight excluding hydrogens is 252 g/mol. The van der Waals surface area contributed by atoms with Gasteiger partial charge in [0.05, 0.1) is 18.1 Å². The number of rotatable bonds is 5. The molecule has 1 heterocycles. The summed E-state index contributed by atoms with van der Waals surface area (Å²) >= 11 is 0. The Morgan fingerprint density at radius 3 is 2.61 bits per heavy atom. The first-order chi connectivity index (χ1) is 8.52. The topological polar surface area (TPSA) is 66.5 Å². The van der Waals surface area contributed by atoms with Crippen LogP contribution in [0.2, 0.25) is 0 Å². The van der Waals surface area contributed by atoms with Gasteiger partial charge in [0.1, 0.15) is 0 Å². The molecule has 0 aromatic rings. The van der Waals surface area contributed by atoms with E-state index >= 15 is 0 Å². The molecule has 2 rings (SSSR count). The molecule has 6 heteroatoms. The van der Waals surface area contributed by atoms with Crippen molar-refractivity contribution < 1.29 is 13.2 Å². The van der Waals surface area contributed by atoms with E-state index < -0.39 is 9.84 Å². The highest BCUT2D eigenvalue weighted by atomic mass is 32.2. The Labute approximate surface area is 109 Å². The van der Waals surface area contributed by atoms with Gasteiger partial charge in [-0.3, -0.25) is 4.79 Å². The molecule has 1 saturated carbocycles. The predicted molar refractivity (Wildman–Crippen MR) is 70.1 cm³/mol. The average Bonchev–Trinajstić information content (AvgIpc) is 3.10. The van der Waals surface area contributed by atoms with Gasteiger partial charge in [0, 0.05) is 18.6 Å². The van der Waals surface area contributed by atoms with Crippen LogP contribution in [0.3, 0.4) is 0 Å². The predicted octanol–water partition coefficient (Wildman–Crippen LogP) is 0.164. The zero-order valence-electron chi connectivity index (χ0n) is 10.9. The quantitative estimate of drug-likeness (QED) is 0.776. The van der Waals surface area contributed by atoms with Crippen molar-refractivity contribution in [3.05, 3.63) is 0 Å². The number of hydrogen-bond donors (Lipinski definition) is 1. The van der Waals surface area contributed by atoms with Gasteiger partial charge in [-0.2, -0.15) is 0 Å². The van der Waals surface area contributed by atoms with Crippen LogP contribution < -0.4 is 5.32 Å². The molecule has 0 aromatic carbocycles. The van der Waals surface area contributed by atoms with Crippen LogP contribution >= 0.6 is 0 Å². The van der Waals surface area contributed by atoms with Gasteiger partial charge in [-0.1, -0.05) is 0 Å². The zero-order valence-corrected chi connectivity index (χ0v) is 11.7. The molecule has 1 amide bonds. The molecule has 2 fully saturated rings. The van der Waals surface area contributed by atoms with Gasteiger partial charge in [-0.25, -0.2) is 8.42 Å². The SMILES string of the molecule is CCN(C(=O)CNC1CCCS(=O)(=O)C1)C1CC1. The summed E-state index contributed by atoms with van der Waals surface area (Å²) in [5.74, 6) is 0.570. The van der Waals surface area contributed by atoms with Crippen LogP contribution in [0.15, 0.2) is 0 Å². The summed E-state index contributed by atoms with van der Waals surface area (Å²) in [6.45, 7) is 3.00. The largest absolute Gasteiger partial charge is 0.339 e. The van der Waals surface area contributed by atoms with Crippen molar-refractivity contribution in [3.63, 3.8) is 0 Å². The van der Waals surface area contributed by atoms with Crippen molar-refractivity contribution in [1.82, 2.24) is 10.2 Å². The van der Waals surface area contributed by atoms with Crippen LogP contribution in [0.5, 0.6) is 0 Å². The fourth-order valence-electron chi connectivity index (χ4n) is 2.54. The second-order valence-corrected chi connectivity index (χ2v) is 7.47. The van der Waals surface area contributed by atoms with Crippen molar-refractivity contribution in [2.75, 3.05) is 24.6 Å². The molecule has 0 radical (unpaired) electrons. The Morgan fingerprint density at radius 1 is 1.33 bits per heavy atom. The number of hydrogen-bond acceptors (Lipinski definition) is 4. The van der Waals surface area contributed by atoms with Crippen molar-refractivity contribution in [3.8, 4) is 0 Å². The highest BCUT2D eigenvalue weighted by Gasteiger charge is 2.31. The maximum Gasteiger partial charge on any atom is 0.236 e. The van der Waals surface area contributed by atoms with Gasteiger partial charge >= 0.3 is 0 Å². The number of carbonyl (C=O) groups is 1. The van der Waals surface area contributed by atoms with Gasteiger partial charge in [-0.15, -0.1) is 0 Å². The molecule has 5 nitrogen and oxygen atoms in total. The summed E-state index contributed by atoms with van der Waals surface area (Å²) < 4.78 is 23.0. The number of likely N-dealkylation sites (N-methyl/N-ethyl adjacent to an activating group) is 1. The first-order valence-electron chi connectivity index (χ1n) is 6.75. The van der Waals surface area contributed by atoms with Crippen molar-refractivity contribution >= 4 is 15.7 Å². The van der Waals surface area contributed by atoms with E-state index in [4.69, 9.17) is 0 Å². The minimum Gasteiger partial charge on any atom is -0.339 e. The molecule has 0 aromatic heterocycles. The highest BCUT2D eigenvalue weighted by Crippen LogP contribution is 2.26. The second kappa shape index (κ2) is 5.57. The Hall–Kier alpha value is -0.620. The summed E-state index contributed by atoms with van der Waals surface area (Å²) in [7, 11) is -2.90. The van der Waals surface area contributed by atoms with Gasteiger partial charge in [0.2, 0.25) is 5.91 Å². The molecule has 2 aliphatic rings. The van der Waals surface area contributed by atoms with E-state index in [0.717, 1.165) is 25.8 Å². The highest BCUT2D eigenvalue weighted by molar-refractivity contribution is 7.91. The van der Waals surface area contributed by atoms with Gasteiger partial charge in [0.15, 0.2) is 9.84 Å². The minimum absolute atomic E-state index is 0.0504. The van der Waals surface area contributed by atoms with Gasteiger partial charge < -0.3 is 10.2 Å². The second-order valence-electron chi connectivity index (χ2n) is 5.25. The van der Waals surface area contributed by atoms with Crippen LogP contribution in [0.25, 0.3) is 0 Å². The van der Waals surface area contributed by atoms with Crippen LogP contribution in [-0.4, -0.2) is 55.9 Å². The first kappa shape index (κ1) is 13.8. The van der Waals surface area contributed by atoms with E-state index in [1.807, 2.05) is 11.8 Å². The standard InChI is InChI=1S/C12H22N2O3S/c1-2-14(11-5-6-11)12(15)8-13-10-4-3-7-18(16,17)9-10/h10-11,13H,2-9H2,1H3. The van der Waals surface area contributed by atoms with Gasteiger partial charge in [0.25, 0.3) is 0 Å². The number of nitrogens with one attached hydrogen (secondary N) is 1. The molecule has 104 valence electrons. The summed E-state index contributed by atoms with van der Waals surface area (Å²) in [5, 5.41) is 3.10. The third-order valence-corrected chi connectivity index (χ3v) is 5.47. The molecule has 1 atom stereocenters. The minimum atomic E-state index is -2.90. The van der Waals surface area contributed by atoms with Crippen LogP contribution in [0.1, 0.15) is 32.6 Å². The smallest absolute Gasteiger partial charge is 0.236 e. The fraction of sp³-hybridized carbons (Fsp3) is 0.917. The lowest BCUT2D eigenvalue weighted by Crippen LogP contribution is -2.46. The third kappa shape index (κ3) is 3.68. The van der Waals surface area contributed by atoms with Crippen LogP contribution in [0, 0.1) is 0 Å². The Morgan fingerprint density at radius 2 is 2.06 bits per heavy atom. The Bertz CT molecular complexity index is 404. The lowest BCUT2D eigenvalue weighted by Gasteiger charge is -2.25. The third-order valence-electron chi connectivity index (χ3n) is 3.65. The van der Waals surface area contributed by atoms with Crippen molar-refractivity contribution in [2.24, 2.45) is 0 Å². The van der Waals surface area contributed by atoms with E-state index in [1.165, 1.54) is 0 Å². The number of amides is 1. The molecule has 1 aliphatic heterocycles. The van der Waals surface area contributed by atoms with Crippen LogP contribution in [-0.2, 0) is 14.6 Å². The van der Waals surface area contributed by atoms with E-state index in [0.29, 0.717) is 18.2 Å². The lowest BCUT2D eigenvalue weighted by molar-refractivity contribution is -0.130. The van der Waals surface area contributed by atoms with Crippen LogP contribution in [0.4, 0.5) is 0 Å². The summed E-state index contributed by atoms with van der Waals surface area (Å²) in [6, 6.07) is 0.380. The van der Waals surface area contributed by atoms with E-state index in [9.17, 15) is 13.2 Å². The number of sulfone groups is 1. The molecule has 1 aliphatic carbocycles. The van der Waals surface area contributed by atoms with Crippen molar-refractivity contribution in [2.45, 2.75) is 44.7 Å². The molecule has 1 unspecified atom stereocenters. The van der Waals surface area contributed by atoms with Crippen molar-refractivity contribution in [1.29, 1.82) is 0 Å². The maximum absolute atomic E-state index is 12.0. The summed E-state index contributed by atoms with van der Waals surface area (Å²) in [4.78, 5) is 13.9. The van der Waals surface area contributed by atoms with E-state index in [-0.39, 0.29) is 24.2 Å². The van der Waals surface area contributed by atoms with E-state index in [2.05, 4.69) is 5.32 Å². The Balaban J connectivity index is 1.78. The number of carbonyl (C=O) groups excluding carboxylic acids is 1. The normalized spacial score (nSPS) is 26.8. The lowest BCUT2D eigenvalue weighted by atomic mass is 10.2. The molecule has 1 saturated heterocycles. The zero-order chi connectivity index (χ0) is 13.2. The summed E-state index contributed by atoms with van der Waals surface area (Å²) in [6.07, 6.45) is 3.77. The molecule has 0 spiro atoms. The fourth-order valence-corrected chi connectivity index (χ4v) is 4.21.